The molecular formula is C15H16N2O2. The first-order valence-electron chi connectivity index (χ1n) is 6.16. The molecule has 0 aliphatic rings. The van der Waals surface area contributed by atoms with E-state index in [1.54, 1.807) is 6.07 Å². The van der Waals surface area contributed by atoms with Crippen LogP contribution in [0.4, 0.5) is 0 Å². The van der Waals surface area contributed by atoms with Crippen molar-refractivity contribution in [3.63, 3.8) is 0 Å². The largest absolute Gasteiger partial charge is 0.475 e. The van der Waals surface area contributed by atoms with Crippen LogP contribution in [0.15, 0.2) is 30.5 Å². The van der Waals surface area contributed by atoms with Gasteiger partial charge in [0.1, 0.15) is 0 Å². The Bertz CT molecular complexity index is 621. The third-order valence-electron chi connectivity index (χ3n) is 3.05. The van der Waals surface area contributed by atoms with Gasteiger partial charge in [-0.25, -0.2) is 14.8 Å². The van der Waals surface area contributed by atoms with Crippen LogP contribution in [0.3, 0.4) is 0 Å². The fourth-order valence-electron chi connectivity index (χ4n) is 1.89. The molecule has 98 valence electrons. The van der Waals surface area contributed by atoms with Crippen LogP contribution in [0.1, 0.15) is 41.5 Å². The highest BCUT2D eigenvalue weighted by molar-refractivity contribution is 5.83. The Morgan fingerprint density at radius 1 is 1.26 bits per heavy atom. The quantitative estimate of drug-likeness (QED) is 0.915. The maximum atomic E-state index is 10.9. The summed E-state index contributed by atoms with van der Waals surface area (Å²) in [5.74, 6) is -0.869. The number of carbonyl (C=O) groups is 1. The minimum absolute atomic E-state index is 0.174. The molecule has 0 spiro atoms. The van der Waals surface area contributed by atoms with Gasteiger partial charge in [0.2, 0.25) is 5.82 Å². The van der Waals surface area contributed by atoms with E-state index >= 15 is 0 Å². The van der Waals surface area contributed by atoms with Crippen LogP contribution in [0.25, 0.3) is 11.3 Å². The van der Waals surface area contributed by atoms with E-state index in [2.05, 4.69) is 35.9 Å². The number of aromatic nitrogens is 2. The van der Waals surface area contributed by atoms with Crippen LogP contribution in [0, 0.1) is 6.92 Å². The highest BCUT2D eigenvalue weighted by Crippen LogP contribution is 2.26. The van der Waals surface area contributed by atoms with Crippen molar-refractivity contribution in [2.24, 2.45) is 0 Å². The summed E-state index contributed by atoms with van der Waals surface area (Å²) < 4.78 is 0. The number of rotatable bonds is 3. The summed E-state index contributed by atoms with van der Waals surface area (Å²) in [7, 11) is 0. The first kappa shape index (κ1) is 13.2. The first-order valence-corrected chi connectivity index (χ1v) is 6.16. The zero-order valence-electron chi connectivity index (χ0n) is 11.2. The van der Waals surface area contributed by atoms with Gasteiger partial charge in [0.25, 0.3) is 0 Å². The van der Waals surface area contributed by atoms with E-state index in [0.29, 0.717) is 11.6 Å². The third-order valence-corrected chi connectivity index (χ3v) is 3.05. The second kappa shape index (κ2) is 5.18. The normalized spacial score (nSPS) is 10.7. The molecule has 0 aliphatic heterocycles. The Morgan fingerprint density at radius 2 is 2.00 bits per heavy atom. The van der Waals surface area contributed by atoms with Crippen molar-refractivity contribution in [1.82, 2.24) is 9.97 Å². The van der Waals surface area contributed by atoms with E-state index in [0.717, 1.165) is 11.1 Å². The summed E-state index contributed by atoms with van der Waals surface area (Å²) in [5, 5.41) is 8.94. The SMILES string of the molecule is Cc1ccc(C(C)C)cc1-c1ccnc(C(=O)O)n1. The number of hydrogen-bond donors (Lipinski definition) is 1. The van der Waals surface area contributed by atoms with Crippen molar-refractivity contribution in [2.45, 2.75) is 26.7 Å². The van der Waals surface area contributed by atoms with E-state index in [-0.39, 0.29) is 5.82 Å². The molecule has 1 heterocycles. The van der Waals surface area contributed by atoms with Crippen LogP contribution in [0.2, 0.25) is 0 Å². The van der Waals surface area contributed by atoms with E-state index in [1.807, 2.05) is 13.0 Å². The summed E-state index contributed by atoms with van der Waals surface area (Å²) in [6, 6.07) is 7.92. The smallest absolute Gasteiger partial charge is 0.373 e. The van der Waals surface area contributed by atoms with Gasteiger partial charge in [0.05, 0.1) is 5.69 Å². The lowest BCUT2D eigenvalue weighted by molar-refractivity contribution is 0.0683. The molecule has 0 aliphatic carbocycles. The van der Waals surface area contributed by atoms with Gasteiger partial charge in [0.15, 0.2) is 0 Å². The summed E-state index contributed by atoms with van der Waals surface area (Å²) in [4.78, 5) is 18.8. The minimum atomic E-state index is -1.11. The monoisotopic (exact) mass is 256 g/mol. The number of carboxylic acid groups (broad SMARTS) is 1. The number of carboxylic acids is 1. The second-order valence-electron chi connectivity index (χ2n) is 4.80. The molecule has 0 fully saturated rings. The van der Waals surface area contributed by atoms with Crippen molar-refractivity contribution < 1.29 is 9.90 Å². The van der Waals surface area contributed by atoms with Gasteiger partial charge in [-0.2, -0.15) is 0 Å². The zero-order valence-corrected chi connectivity index (χ0v) is 11.2. The molecule has 1 aromatic carbocycles. The van der Waals surface area contributed by atoms with Gasteiger partial charge in [0, 0.05) is 11.8 Å². The molecule has 2 rings (SSSR count). The van der Waals surface area contributed by atoms with Gasteiger partial charge >= 0.3 is 5.97 Å². The van der Waals surface area contributed by atoms with Crippen molar-refractivity contribution >= 4 is 5.97 Å². The minimum Gasteiger partial charge on any atom is -0.475 e. The van der Waals surface area contributed by atoms with Gasteiger partial charge in [-0.15, -0.1) is 0 Å². The molecule has 0 bridgehead atoms. The molecule has 2 aromatic rings. The molecule has 1 aromatic heterocycles. The van der Waals surface area contributed by atoms with E-state index in [1.165, 1.54) is 11.8 Å². The van der Waals surface area contributed by atoms with E-state index in [9.17, 15) is 4.79 Å². The molecule has 4 nitrogen and oxygen atoms in total. The molecular weight excluding hydrogens is 240 g/mol. The van der Waals surface area contributed by atoms with Crippen molar-refractivity contribution in [2.75, 3.05) is 0 Å². The van der Waals surface area contributed by atoms with Crippen LogP contribution in [0.5, 0.6) is 0 Å². The van der Waals surface area contributed by atoms with Crippen LogP contribution in [-0.2, 0) is 0 Å². The molecule has 0 saturated heterocycles. The van der Waals surface area contributed by atoms with Gasteiger partial charge in [-0.1, -0.05) is 26.0 Å². The summed E-state index contributed by atoms with van der Waals surface area (Å²) in [6.45, 7) is 6.23. The van der Waals surface area contributed by atoms with Crippen LogP contribution < -0.4 is 0 Å². The van der Waals surface area contributed by atoms with Crippen molar-refractivity contribution in [3.05, 3.63) is 47.4 Å². The number of benzene rings is 1. The maximum Gasteiger partial charge on any atom is 0.373 e. The number of aryl methyl sites for hydroxylation is 1. The lowest BCUT2D eigenvalue weighted by Crippen LogP contribution is -2.04. The van der Waals surface area contributed by atoms with E-state index < -0.39 is 5.97 Å². The standard InChI is InChI=1S/C15H16N2O2/c1-9(2)11-5-4-10(3)12(8-11)13-6-7-16-14(17-13)15(18)19/h4-9H,1-3H3,(H,18,19). The number of aromatic carboxylic acids is 1. The molecule has 0 atom stereocenters. The average molecular weight is 256 g/mol. The summed E-state index contributed by atoms with van der Waals surface area (Å²) >= 11 is 0. The third kappa shape index (κ3) is 2.78. The Morgan fingerprint density at radius 3 is 2.63 bits per heavy atom. The van der Waals surface area contributed by atoms with Gasteiger partial charge in [-0.3, -0.25) is 0 Å². The Balaban J connectivity index is 2.54. The number of nitrogens with zero attached hydrogens (tertiary/aromatic N) is 2. The Labute approximate surface area is 112 Å². The summed E-state index contributed by atoms with van der Waals surface area (Å²) in [6.07, 6.45) is 1.48. The van der Waals surface area contributed by atoms with Crippen molar-refractivity contribution in [3.8, 4) is 11.3 Å². The fraction of sp³-hybridized carbons (Fsp3) is 0.267. The molecule has 4 heteroatoms. The van der Waals surface area contributed by atoms with E-state index in [4.69, 9.17) is 5.11 Å². The predicted molar refractivity (Wildman–Crippen MR) is 73.3 cm³/mol. The second-order valence-corrected chi connectivity index (χ2v) is 4.80. The fourth-order valence-corrected chi connectivity index (χ4v) is 1.89. The first-order chi connectivity index (χ1) is 8.99. The Kier molecular flexibility index (Phi) is 3.60. The topological polar surface area (TPSA) is 63.1 Å². The molecule has 0 amide bonds. The lowest BCUT2D eigenvalue weighted by Gasteiger charge is -2.11. The maximum absolute atomic E-state index is 10.9. The highest BCUT2D eigenvalue weighted by Gasteiger charge is 2.11. The molecule has 1 N–H and O–H groups in total. The molecule has 0 radical (unpaired) electrons. The molecule has 0 unspecified atom stereocenters. The Hall–Kier alpha value is -2.23. The number of hydrogen-bond acceptors (Lipinski definition) is 3. The summed E-state index contributed by atoms with van der Waals surface area (Å²) in [5.41, 5.74) is 3.87. The van der Waals surface area contributed by atoms with Crippen molar-refractivity contribution in [1.29, 1.82) is 0 Å². The van der Waals surface area contributed by atoms with Gasteiger partial charge in [-0.05, 0) is 36.1 Å². The van der Waals surface area contributed by atoms with Gasteiger partial charge < -0.3 is 5.11 Å². The highest BCUT2D eigenvalue weighted by atomic mass is 16.4. The molecule has 0 saturated carbocycles. The zero-order chi connectivity index (χ0) is 14.0. The van der Waals surface area contributed by atoms with Crippen LogP contribution in [-0.4, -0.2) is 21.0 Å². The predicted octanol–water partition coefficient (Wildman–Crippen LogP) is 3.27. The molecule has 19 heavy (non-hydrogen) atoms. The average Bonchev–Trinajstić information content (AvgIpc) is 2.39. The van der Waals surface area contributed by atoms with Crippen LogP contribution >= 0.6 is 0 Å². The lowest BCUT2D eigenvalue weighted by atomic mass is 9.96.